The average Bonchev–Trinajstić information content (AvgIpc) is 3.34. The summed E-state index contributed by atoms with van der Waals surface area (Å²) in [6.45, 7) is 1.98. The lowest BCUT2D eigenvalue weighted by Crippen LogP contribution is -2.48. The fourth-order valence-electron chi connectivity index (χ4n) is 3.14. The van der Waals surface area contributed by atoms with E-state index in [2.05, 4.69) is 23.6 Å². The minimum Gasteiger partial charge on any atom is -0.345 e. The summed E-state index contributed by atoms with van der Waals surface area (Å²) < 4.78 is 36.0. The van der Waals surface area contributed by atoms with E-state index in [9.17, 15) is 8.42 Å². The molecule has 0 aliphatic carbocycles. The van der Waals surface area contributed by atoms with Gasteiger partial charge in [0, 0.05) is 32.4 Å². The summed E-state index contributed by atoms with van der Waals surface area (Å²) in [5.41, 5.74) is 1.93. The van der Waals surface area contributed by atoms with E-state index in [0.29, 0.717) is 37.2 Å². The first kappa shape index (κ1) is 16.9. The second kappa shape index (κ2) is 6.44. The summed E-state index contributed by atoms with van der Waals surface area (Å²) in [7, 11) is -3.61. The van der Waals surface area contributed by atoms with E-state index < -0.39 is 10.0 Å². The highest BCUT2D eigenvalue weighted by atomic mass is 32.2. The van der Waals surface area contributed by atoms with Crippen molar-refractivity contribution in [3.63, 3.8) is 0 Å². The highest BCUT2D eigenvalue weighted by molar-refractivity contribution is 7.89. The predicted octanol–water partition coefficient (Wildman–Crippen LogP) is 2.21. The first-order valence-electron chi connectivity index (χ1n) is 8.31. The third kappa shape index (κ3) is 2.87. The number of aromatic nitrogens is 4. The largest absolute Gasteiger partial charge is 0.345 e. The zero-order valence-corrected chi connectivity index (χ0v) is 16.5. The molecule has 0 atom stereocenters. The zero-order valence-electron chi connectivity index (χ0n) is 14.0. The van der Waals surface area contributed by atoms with E-state index in [-0.39, 0.29) is 4.90 Å². The van der Waals surface area contributed by atoms with Crippen molar-refractivity contribution in [1.29, 1.82) is 0 Å². The molecule has 138 valence electrons. The van der Waals surface area contributed by atoms with Gasteiger partial charge in [-0.3, -0.25) is 0 Å². The molecule has 0 N–H and O–H groups in total. The van der Waals surface area contributed by atoms with Gasteiger partial charge in [-0.25, -0.2) is 18.4 Å². The molecule has 1 fully saturated rings. The summed E-state index contributed by atoms with van der Waals surface area (Å²) in [5, 5.41) is 0.881. The maximum atomic E-state index is 13.1. The van der Waals surface area contributed by atoms with Gasteiger partial charge in [-0.2, -0.15) is 13.1 Å². The summed E-state index contributed by atoms with van der Waals surface area (Å²) in [6, 6.07) is 8.89. The van der Waals surface area contributed by atoms with E-state index >= 15 is 0 Å². The molecule has 0 spiro atoms. The molecule has 0 amide bonds. The van der Waals surface area contributed by atoms with Crippen LogP contribution in [0.3, 0.4) is 0 Å². The summed E-state index contributed by atoms with van der Waals surface area (Å²) in [6.07, 6.45) is 1.75. The fourth-order valence-corrected chi connectivity index (χ4v) is 6.28. The molecule has 3 aromatic heterocycles. The molecular weight excluding hydrogens is 404 g/mol. The van der Waals surface area contributed by atoms with Gasteiger partial charge < -0.3 is 4.90 Å². The van der Waals surface area contributed by atoms with Crippen LogP contribution in [0.25, 0.3) is 21.4 Å². The second-order valence-corrected chi connectivity index (χ2v) is 9.49. The lowest BCUT2D eigenvalue weighted by Gasteiger charge is -2.33. The molecule has 1 aliphatic rings. The van der Waals surface area contributed by atoms with E-state index in [1.54, 1.807) is 24.4 Å². The van der Waals surface area contributed by atoms with E-state index in [1.807, 2.05) is 12.1 Å². The van der Waals surface area contributed by atoms with Crippen LogP contribution in [0.15, 0.2) is 41.4 Å². The summed E-state index contributed by atoms with van der Waals surface area (Å²) in [5.74, 6) is 0. The Labute approximate surface area is 163 Å². The van der Waals surface area contributed by atoms with Crippen LogP contribution in [0, 0.1) is 0 Å². The SMILES string of the molecule is O=S(=O)(c1cccc2nsnc12)N1CCN(c2nc3cccnc3s2)CC1. The summed E-state index contributed by atoms with van der Waals surface area (Å²) >= 11 is 2.56. The molecule has 4 aromatic rings. The number of sulfonamides is 1. The number of fused-ring (bicyclic) bond motifs is 2. The van der Waals surface area contributed by atoms with E-state index in [0.717, 1.165) is 27.2 Å². The summed E-state index contributed by atoms with van der Waals surface area (Å²) in [4.78, 5) is 12.2. The molecule has 1 aromatic carbocycles. The van der Waals surface area contributed by atoms with Gasteiger partial charge in [0.05, 0.1) is 11.7 Å². The zero-order chi connectivity index (χ0) is 18.4. The molecule has 0 radical (unpaired) electrons. The van der Waals surface area contributed by atoms with Crippen LogP contribution in [-0.4, -0.2) is 57.6 Å². The van der Waals surface area contributed by atoms with Crippen molar-refractivity contribution in [1.82, 2.24) is 23.0 Å². The highest BCUT2D eigenvalue weighted by Crippen LogP contribution is 2.29. The number of rotatable bonds is 3. The minimum absolute atomic E-state index is 0.228. The van der Waals surface area contributed by atoms with Crippen LogP contribution in [-0.2, 0) is 10.0 Å². The maximum absolute atomic E-state index is 13.1. The molecule has 27 heavy (non-hydrogen) atoms. The number of hydrogen-bond donors (Lipinski definition) is 0. The number of benzene rings is 1. The lowest BCUT2D eigenvalue weighted by atomic mass is 10.3. The Morgan fingerprint density at radius 2 is 1.78 bits per heavy atom. The molecule has 4 heterocycles. The third-order valence-electron chi connectivity index (χ3n) is 4.53. The van der Waals surface area contributed by atoms with Gasteiger partial charge in [0.25, 0.3) is 0 Å². The highest BCUT2D eigenvalue weighted by Gasteiger charge is 2.31. The molecule has 8 nitrogen and oxygen atoms in total. The Balaban J connectivity index is 1.39. The second-order valence-electron chi connectivity index (χ2n) is 6.10. The number of anilines is 1. The van der Waals surface area contributed by atoms with Crippen molar-refractivity contribution in [3.8, 4) is 0 Å². The molecule has 0 bridgehead atoms. The molecule has 1 aliphatic heterocycles. The van der Waals surface area contributed by atoms with Crippen molar-refractivity contribution in [2.45, 2.75) is 4.90 Å². The number of thiazole rings is 1. The predicted molar refractivity (Wildman–Crippen MR) is 106 cm³/mol. The van der Waals surface area contributed by atoms with E-state index in [4.69, 9.17) is 0 Å². The number of hydrogen-bond acceptors (Lipinski definition) is 9. The Morgan fingerprint density at radius 3 is 2.59 bits per heavy atom. The molecule has 1 saturated heterocycles. The standard InChI is InChI=1S/C16H14N6O2S3/c23-27(24,13-5-1-3-11-14(13)20-26-19-11)22-9-7-21(8-10-22)16-18-12-4-2-6-17-15(12)25-16/h1-6H,7-10H2. The lowest BCUT2D eigenvalue weighted by molar-refractivity contribution is 0.385. The Hall–Kier alpha value is -2.21. The van der Waals surface area contributed by atoms with E-state index in [1.165, 1.54) is 15.6 Å². The molecule has 11 heteroatoms. The average molecular weight is 419 g/mol. The number of pyridine rings is 1. The Bertz CT molecular complexity index is 1190. The number of piperazine rings is 1. The van der Waals surface area contributed by atoms with Crippen LogP contribution >= 0.6 is 23.1 Å². The van der Waals surface area contributed by atoms with Gasteiger partial charge in [0.15, 0.2) is 5.13 Å². The molecule has 0 saturated carbocycles. The topological polar surface area (TPSA) is 92.2 Å². The van der Waals surface area contributed by atoms with Crippen molar-refractivity contribution < 1.29 is 8.42 Å². The van der Waals surface area contributed by atoms with Crippen LogP contribution in [0.5, 0.6) is 0 Å². The van der Waals surface area contributed by atoms with Gasteiger partial charge >= 0.3 is 0 Å². The van der Waals surface area contributed by atoms with Gasteiger partial charge in [0.2, 0.25) is 10.0 Å². The first-order valence-corrected chi connectivity index (χ1v) is 11.3. The Morgan fingerprint density at radius 1 is 0.963 bits per heavy atom. The van der Waals surface area contributed by atoms with Gasteiger partial charge in [-0.15, -0.1) is 0 Å². The minimum atomic E-state index is -3.61. The third-order valence-corrected chi connectivity index (χ3v) is 8.04. The van der Waals surface area contributed by atoms with Crippen LogP contribution in [0.2, 0.25) is 0 Å². The monoisotopic (exact) mass is 418 g/mol. The first-order chi connectivity index (χ1) is 13.1. The van der Waals surface area contributed by atoms with Crippen LogP contribution in [0.1, 0.15) is 0 Å². The maximum Gasteiger partial charge on any atom is 0.245 e. The van der Waals surface area contributed by atoms with Crippen LogP contribution in [0.4, 0.5) is 5.13 Å². The normalized spacial score (nSPS) is 16.4. The van der Waals surface area contributed by atoms with Gasteiger partial charge in [-0.1, -0.05) is 17.4 Å². The van der Waals surface area contributed by atoms with Gasteiger partial charge in [0.1, 0.15) is 26.3 Å². The van der Waals surface area contributed by atoms with Crippen molar-refractivity contribution in [2.75, 3.05) is 31.1 Å². The molecule has 0 unspecified atom stereocenters. The quantitative estimate of drug-likeness (QED) is 0.504. The smallest absolute Gasteiger partial charge is 0.245 e. The van der Waals surface area contributed by atoms with Crippen LogP contribution < -0.4 is 4.90 Å². The molecular formula is C16H14N6O2S3. The van der Waals surface area contributed by atoms with Crippen molar-refractivity contribution >= 4 is 59.6 Å². The van der Waals surface area contributed by atoms with Crippen molar-refractivity contribution in [2.24, 2.45) is 0 Å². The Kier molecular flexibility index (Phi) is 4.04. The fraction of sp³-hybridized carbons (Fsp3) is 0.250. The van der Waals surface area contributed by atoms with Crippen molar-refractivity contribution in [3.05, 3.63) is 36.5 Å². The number of nitrogens with zero attached hydrogens (tertiary/aromatic N) is 6. The van der Waals surface area contributed by atoms with Gasteiger partial charge in [-0.05, 0) is 24.3 Å². The molecule has 5 rings (SSSR count).